The van der Waals surface area contributed by atoms with Crippen molar-refractivity contribution in [1.82, 2.24) is 0 Å². The molecule has 0 saturated carbocycles. The largest absolute Gasteiger partial charge is 0.328 e. The second-order valence-corrected chi connectivity index (χ2v) is 8.06. The van der Waals surface area contributed by atoms with Crippen molar-refractivity contribution in [3.05, 3.63) is 92.2 Å². The van der Waals surface area contributed by atoms with E-state index in [1.54, 1.807) is 23.5 Å². The number of nitro benzene ring substituents is 1. The molecule has 150 valence electrons. The molecule has 2 aromatic carbocycles. The molecule has 1 aromatic heterocycles. The first-order valence-electron chi connectivity index (χ1n) is 9.45. The van der Waals surface area contributed by atoms with Crippen LogP contribution in [0.3, 0.4) is 0 Å². The van der Waals surface area contributed by atoms with Crippen LogP contribution in [0.5, 0.6) is 0 Å². The molecule has 3 N–H and O–H groups in total. The zero-order chi connectivity index (χ0) is 20.8. The van der Waals surface area contributed by atoms with Gasteiger partial charge in [-0.05, 0) is 29.0 Å². The summed E-state index contributed by atoms with van der Waals surface area (Å²) in [5, 5.41) is 17.8. The van der Waals surface area contributed by atoms with Gasteiger partial charge in [-0.2, -0.15) is 0 Å². The van der Waals surface area contributed by atoms with Gasteiger partial charge in [0.15, 0.2) is 6.54 Å². The van der Waals surface area contributed by atoms with E-state index < -0.39 is 4.92 Å². The van der Waals surface area contributed by atoms with Gasteiger partial charge in [-0.15, -0.1) is 11.3 Å². The molecule has 0 aliphatic heterocycles. The highest BCUT2D eigenvalue weighted by Gasteiger charge is 2.21. The summed E-state index contributed by atoms with van der Waals surface area (Å²) in [7, 11) is 0. The number of nitro groups is 1. The highest BCUT2D eigenvalue weighted by atomic mass is 32.1. The maximum Gasteiger partial charge on any atom is 0.292 e. The lowest BCUT2D eigenvalue weighted by molar-refractivity contribution is -0.675. The van der Waals surface area contributed by atoms with E-state index in [0.717, 1.165) is 10.4 Å². The molecule has 1 amide bonds. The highest BCUT2D eigenvalue weighted by Crippen LogP contribution is 2.25. The third-order valence-electron chi connectivity index (χ3n) is 4.73. The van der Waals surface area contributed by atoms with E-state index in [-0.39, 0.29) is 29.9 Å². The predicted molar refractivity (Wildman–Crippen MR) is 115 cm³/mol. The van der Waals surface area contributed by atoms with Crippen LogP contribution in [0.15, 0.2) is 66.0 Å². The normalized spacial score (nSPS) is 12.0. The summed E-state index contributed by atoms with van der Waals surface area (Å²) in [6, 6.07) is 18.7. The monoisotopic (exact) mass is 410 g/mol. The Labute approximate surface area is 173 Å². The van der Waals surface area contributed by atoms with Gasteiger partial charge >= 0.3 is 0 Å². The van der Waals surface area contributed by atoms with Crippen LogP contribution in [0.25, 0.3) is 0 Å². The maximum absolute atomic E-state index is 12.5. The number of rotatable bonds is 8. The van der Waals surface area contributed by atoms with Crippen LogP contribution in [0.2, 0.25) is 0 Å². The zero-order valence-electron chi connectivity index (χ0n) is 16.4. The molecular weight excluding hydrogens is 386 g/mol. The van der Waals surface area contributed by atoms with Crippen molar-refractivity contribution in [3.8, 4) is 0 Å². The Morgan fingerprint density at radius 3 is 2.38 bits per heavy atom. The SMILES string of the molecule is CC(C)c1ccc([C@@H]([NH2+]CC(=O)Nc2ccccc2[N+](=O)[O-])c2cccs2)cc1. The molecule has 1 heterocycles. The number of carbonyl (C=O) groups excluding carboxylic acids is 1. The number of hydrogen-bond acceptors (Lipinski definition) is 4. The minimum atomic E-state index is -0.496. The van der Waals surface area contributed by atoms with Gasteiger partial charge in [-0.1, -0.05) is 56.3 Å². The van der Waals surface area contributed by atoms with Crippen LogP contribution in [-0.4, -0.2) is 17.4 Å². The Morgan fingerprint density at radius 1 is 1.07 bits per heavy atom. The lowest BCUT2D eigenvalue weighted by atomic mass is 9.98. The van der Waals surface area contributed by atoms with Gasteiger partial charge in [-0.3, -0.25) is 14.9 Å². The zero-order valence-corrected chi connectivity index (χ0v) is 17.2. The lowest BCUT2D eigenvalue weighted by Crippen LogP contribution is -2.87. The van der Waals surface area contributed by atoms with Gasteiger partial charge < -0.3 is 10.6 Å². The highest BCUT2D eigenvalue weighted by molar-refractivity contribution is 7.10. The maximum atomic E-state index is 12.5. The van der Waals surface area contributed by atoms with Crippen molar-refractivity contribution in [1.29, 1.82) is 0 Å². The summed E-state index contributed by atoms with van der Waals surface area (Å²) in [5.74, 6) is 0.181. The van der Waals surface area contributed by atoms with Crippen LogP contribution in [-0.2, 0) is 4.79 Å². The summed E-state index contributed by atoms with van der Waals surface area (Å²) in [6.07, 6.45) is 0. The van der Waals surface area contributed by atoms with Crippen molar-refractivity contribution in [2.45, 2.75) is 25.8 Å². The number of nitrogens with one attached hydrogen (secondary N) is 1. The third kappa shape index (κ3) is 5.28. The van der Waals surface area contributed by atoms with Crippen LogP contribution in [0, 0.1) is 10.1 Å². The molecule has 0 aliphatic carbocycles. The molecule has 0 bridgehead atoms. The van der Waals surface area contributed by atoms with Gasteiger partial charge in [0.25, 0.3) is 11.6 Å². The quantitative estimate of drug-likeness (QED) is 0.433. The summed E-state index contributed by atoms with van der Waals surface area (Å²) in [4.78, 5) is 24.3. The Morgan fingerprint density at radius 2 is 1.76 bits per heavy atom. The van der Waals surface area contributed by atoms with Crippen LogP contribution < -0.4 is 10.6 Å². The first-order valence-corrected chi connectivity index (χ1v) is 10.3. The van der Waals surface area contributed by atoms with E-state index in [9.17, 15) is 14.9 Å². The van der Waals surface area contributed by atoms with E-state index in [1.807, 2.05) is 16.8 Å². The predicted octanol–water partition coefficient (Wildman–Crippen LogP) is 4.07. The fraction of sp³-hybridized carbons (Fsp3) is 0.227. The van der Waals surface area contributed by atoms with E-state index in [2.05, 4.69) is 49.5 Å². The number of carbonyl (C=O) groups is 1. The summed E-state index contributed by atoms with van der Waals surface area (Å²) in [5.41, 5.74) is 2.49. The molecule has 0 saturated heterocycles. The van der Waals surface area contributed by atoms with Crippen LogP contribution in [0.1, 0.15) is 41.8 Å². The number of amides is 1. The lowest BCUT2D eigenvalue weighted by Gasteiger charge is -2.16. The first-order chi connectivity index (χ1) is 14.0. The van der Waals surface area contributed by atoms with E-state index >= 15 is 0 Å². The third-order valence-corrected chi connectivity index (χ3v) is 5.68. The van der Waals surface area contributed by atoms with Gasteiger partial charge in [-0.25, -0.2) is 0 Å². The molecule has 7 heteroatoms. The molecule has 6 nitrogen and oxygen atoms in total. The molecular formula is C22H24N3O3S+. The fourth-order valence-electron chi connectivity index (χ4n) is 3.14. The fourth-order valence-corrected chi connectivity index (χ4v) is 3.99. The summed E-state index contributed by atoms with van der Waals surface area (Å²) in [6.45, 7) is 4.47. The molecule has 0 fully saturated rings. The number of nitrogens with zero attached hydrogens (tertiary/aromatic N) is 1. The number of quaternary nitrogens is 1. The molecule has 0 aliphatic rings. The average molecular weight is 411 g/mol. The molecule has 3 rings (SSSR count). The number of nitrogens with two attached hydrogens (primary N) is 1. The van der Waals surface area contributed by atoms with Gasteiger partial charge in [0.05, 0.1) is 9.80 Å². The topological polar surface area (TPSA) is 88.8 Å². The van der Waals surface area contributed by atoms with Crippen molar-refractivity contribution in [3.63, 3.8) is 0 Å². The first kappa shape index (κ1) is 20.7. The smallest absolute Gasteiger partial charge is 0.292 e. The van der Waals surface area contributed by atoms with E-state index in [0.29, 0.717) is 5.92 Å². The number of para-hydroxylation sites is 2. The number of thiophene rings is 1. The van der Waals surface area contributed by atoms with Crippen molar-refractivity contribution >= 4 is 28.6 Å². The minimum Gasteiger partial charge on any atom is -0.328 e. The Hall–Kier alpha value is -3.03. The molecule has 1 atom stereocenters. The second kappa shape index (κ2) is 9.45. The Balaban J connectivity index is 1.72. The standard InChI is InChI=1S/C22H23N3O3S/c1-15(2)16-9-11-17(12-10-16)22(20-8-5-13-29-20)23-14-21(26)24-18-6-3-4-7-19(18)25(27)28/h3-13,15,22-23H,14H2,1-2H3,(H,24,26)/p+1/t22-/m1/s1. The van der Waals surface area contributed by atoms with Gasteiger partial charge in [0.2, 0.25) is 0 Å². The average Bonchev–Trinajstić information content (AvgIpc) is 3.23. The number of benzene rings is 2. The van der Waals surface area contributed by atoms with Crippen molar-refractivity contribution < 1.29 is 15.0 Å². The van der Waals surface area contributed by atoms with Gasteiger partial charge in [0.1, 0.15) is 11.7 Å². The van der Waals surface area contributed by atoms with E-state index in [4.69, 9.17) is 0 Å². The molecule has 0 unspecified atom stereocenters. The van der Waals surface area contributed by atoms with Crippen molar-refractivity contribution in [2.24, 2.45) is 0 Å². The number of anilines is 1. The van der Waals surface area contributed by atoms with Crippen LogP contribution in [0.4, 0.5) is 11.4 Å². The number of hydrogen-bond donors (Lipinski definition) is 2. The minimum absolute atomic E-state index is 0.00674. The molecule has 0 radical (unpaired) electrons. The van der Waals surface area contributed by atoms with Gasteiger partial charge in [0, 0.05) is 11.6 Å². The summed E-state index contributed by atoms with van der Waals surface area (Å²) < 4.78 is 0. The molecule has 3 aromatic rings. The second-order valence-electron chi connectivity index (χ2n) is 7.08. The van der Waals surface area contributed by atoms with E-state index in [1.165, 1.54) is 17.7 Å². The molecule has 0 spiro atoms. The Bertz CT molecular complexity index is 969. The molecule has 29 heavy (non-hydrogen) atoms. The van der Waals surface area contributed by atoms with Crippen LogP contribution >= 0.6 is 11.3 Å². The van der Waals surface area contributed by atoms with Crippen molar-refractivity contribution in [2.75, 3.05) is 11.9 Å². The summed E-state index contributed by atoms with van der Waals surface area (Å²) >= 11 is 1.65. The Kier molecular flexibility index (Phi) is 6.74.